The SMILES string of the molecule is CCC1(c2ccc(Cl)cc2)OC(C(=O)O)Oc2ccc(Cl)cc21. The minimum absolute atomic E-state index is 0.449. The largest absolute Gasteiger partial charge is 0.477 e. The summed E-state index contributed by atoms with van der Waals surface area (Å²) < 4.78 is 11.3. The molecular weight excluding hydrogens is 339 g/mol. The summed E-state index contributed by atoms with van der Waals surface area (Å²) in [7, 11) is 0. The number of carboxylic acid groups (broad SMARTS) is 1. The van der Waals surface area contributed by atoms with Crippen LogP contribution in [0.2, 0.25) is 10.0 Å². The Morgan fingerprint density at radius 3 is 2.43 bits per heavy atom. The minimum atomic E-state index is -1.39. The molecule has 1 N–H and O–H groups in total. The Kier molecular flexibility index (Phi) is 4.23. The quantitative estimate of drug-likeness (QED) is 0.885. The molecule has 6 heteroatoms. The van der Waals surface area contributed by atoms with Gasteiger partial charge in [0.05, 0.1) is 0 Å². The Morgan fingerprint density at radius 1 is 1.17 bits per heavy atom. The van der Waals surface area contributed by atoms with Gasteiger partial charge < -0.3 is 14.6 Å². The molecule has 0 saturated carbocycles. The molecule has 3 rings (SSSR count). The average molecular weight is 353 g/mol. The molecule has 0 amide bonds. The third-order valence-electron chi connectivity index (χ3n) is 3.93. The van der Waals surface area contributed by atoms with Crippen LogP contribution in [0.5, 0.6) is 5.75 Å². The van der Waals surface area contributed by atoms with Crippen molar-refractivity contribution in [2.75, 3.05) is 0 Å². The van der Waals surface area contributed by atoms with E-state index in [4.69, 9.17) is 32.7 Å². The van der Waals surface area contributed by atoms with E-state index in [1.807, 2.05) is 19.1 Å². The van der Waals surface area contributed by atoms with Crippen molar-refractivity contribution in [3.8, 4) is 5.75 Å². The number of rotatable bonds is 3. The second kappa shape index (κ2) is 6.04. The van der Waals surface area contributed by atoms with Gasteiger partial charge in [0.15, 0.2) is 0 Å². The van der Waals surface area contributed by atoms with Crippen LogP contribution >= 0.6 is 23.2 Å². The van der Waals surface area contributed by atoms with Crippen LogP contribution in [0.25, 0.3) is 0 Å². The molecule has 2 atom stereocenters. The molecule has 0 aromatic heterocycles. The second-order valence-corrected chi connectivity index (χ2v) is 6.11. The van der Waals surface area contributed by atoms with Gasteiger partial charge in [-0.2, -0.15) is 0 Å². The van der Waals surface area contributed by atoms with E-state index < -0.39 is 17.9 Å². The summed E-state index contributed by atoms with van der Waals surface area (Å²) >= 11 is 12.1. The Bertz CT molecular complexity index is 745. The first kappa shape index (κ1) is 16.1. The zero-order valence-corrected chi connectivity index (χ0v) is 13.8. The Balaban J connectivity index is 2.22. The highest BCUT2D eigenvalue weighted by Gasteiger charge is 2.45. The van der Waals surface area contributed by atoms with Gasteiger partial charge in [-0.25, -0.2) is 4.79 Å². The van der Waals surface area contributed by atoms with Crippen LogP contribution in [0.1, 0.15) is 24.5 Å². The van der Waals surface area contributed by atoms with E-state index in [1.165, 1.54) is 0 Å². The standard InChI is InChI=1S/C17H14Cl2O4/c1-2-17(10-3-5-11(18)6-4-10)13-9-12(19)7-8-14(13)22-16(23-17)15(20)21/h3-9,16H,2H2,1H3,(H,20,21). The number of hydrogen-bond acceptors (Lipinski definition) is 3. The van der Waals surface area contributed by atoms with Crippen molar-refractivity contribution in [2.45, 2.75) is 25.2 Å². The summed E-state index contributed by atoms with van der Waals surface area (Å²) in [5.41, 5.74) is 0.529. The topological polar surface area (TPSA) is 55.8 Å². The summed E-state index contributed by atoms with van der Waals surface area (Å²) in [6.45, 7) is 1.92. The predicted octanol–water partition coefficient (Wildman–Crippen LogP) is 4.47. The number of carboxylic acids is 1. The number of carbonyl (C=O) groups is 1. The summed E-state index contributed by atoms with van der Waals surface area (Å²) in [5, 5.41) is 10.5. The number of hydrogen-bond donors (Lipinski definition) is 1. The summed E-state index contributed by atoms with van der Waals surface area (Å²) in [5.74, 6) is -0.734. The van der Waals surface area contributed by atoms with Crippen molar-refractivity contribution in [2.24, 2.45) is 0 Å². The lowest BCUT2D eigenvalue weighted by Gasteiger charge is -2.41. The lowest BCUT2D eigenvalue weighted by molar-refractivity contribution is -0.205. The van der Waals surface area contributed by atoms with E-state index in [9.17, 15) is 9.90 Å². The molecule has 1 aliphatic rings. The van der Waals surface area contributed by atoms with Gasteiger partial charge in [0, 0.05) is 15.6 Å². The fraction of sp³-hybridized carbons (Fsp3) is 0.235. The molecule has 2 aromatic carbocycles. The third-order valence-corrected chi connectivity index (χ3v) is 4.42. The van der Waals surface area contributed by atoms with E-state index in [1.54, 1.807) is 30.3 Å². The van der Waals surface area contributed by atoms with Gasteiger partial charge in [0.25, 0.3) is 6.29 Å². The van der Waals surface area contributed by atoms with E-state index in [2.05, 4.69) is 0 Å². The molecule has 2 unspecified atom stereocenters. The molecule has 4 nitrogen and oxygen atoms in total. The molecule has 0 saturated heterocycles. The Morgan fingerprint density at radius 2 is 1.83 bits per heavy atom. The lowest BCUT2D eigenvalue weighted by atomic mass is 9.82. The second-order valence-electron chi connectivity index (χ2n) is 5.23. The minimum Gasteiger partial charge on any atom is -0.477 e. The number of benzene rings is 2. The van der Waals surface area contributed by atoms with Gasteiger partial charge in [0.2, 0.25) is 0 Å². The molecule has 0 aliphatic carbocycles. The molecule has 0 bridgehead atoms. The predicted molar refractivity (Wildman–Crippen MR) is 87.1 cm³/mol. The van der Waals surface area contributed by atoms with Crippen LogP contribution in [0, 0.1) is 0 Å². The van der Waals surface area contributed by atoms with Crippen molar-refractivity contribution in [1.29, 1.82) is 0 Å². The fourth-order valence-electron chi connectivity index (χ4n) is 2.83. The molecule has 1 heterocycles. The van der Waals surface area contributed by atoms with Crippen LogP contribution in [0.4, 0.5) is 0 Å². The van der Waals surface area contributed by atoms with E-state index in [0.717, 1.165) is 5.56 Å². The smallest absolute Gasteiger partial charge is 0.373 e. The van der Waals surface area contributed by atoms with E-state index in [-0.39, 0.29) is 0 Å². The van der Waals surface area contributed by atoms with Crippen molar-refractivity contribution in [3.63, 3.8) is 0 Å². The number of ether oxygens (including phenoxy) is 2. The molecule has 0 spiro atoms. The van der Waals surface area contributed by atoms with Crippen molar-refractivity contribution >= 4 is 29.2 Å². The average Bonchev–Trinajstić information content (AvgIpc) is 2.54. The molecule has 120 valence electrons. The molecular formula is C17H14Cl2O4. The Labute approximate surface area is 143 Å². The molecule has 2 aromatic rings. The molecule has 0 radical (unpaired) electrons. The highest BCUT2D eigenvalue weighted by Crippen LogP contribution is 2.47. The van der Waals surface area contributed by atoms with Crippen LogP contribution < -0.4 is 4.74 Å². The molecule has 1 aliphatic heterocycles. The normalized spacial score (nSPS) is 23.0. The number of aliphatic carboxylic acids is 1. The first-order valence-electron chi connectivity index (χ1n) is 7.09. The monoisotopic (exact) mass is 352 g/mol. The summed E-state index contributed by atoms with van der Waals surface area (Å²) in [6, 6.07) is 12.2. The Hall–Kier alpha value is -1.75. The molecule has 0 fully saturated rings. The molecule has 23 heavy (non-hydrogen) atoms. The van der Waals surface area contributed by atoms with Crippen LogP contribution in [-0.4, -0.2) is 17.4 Å². The number of halogens is 2. The first-order valence-corrected chi connectivity index (χ1v) is 7.85. The third kappa shape index (κ3) is 2.78. The van der Waals surface area contributed by atoms with Crippen LogP contribution in [-0.2, 0) is 15.1 Å². The highest BCUT2D eigenvalue weighted by molar-refractivity contribution is 6.31. The van der Waals surface area contributed by atoms with Gasteiger partial charge in [-0.1, -0.05) is 42.3 Å². The fourth-order valence-corrected chi connectivity index (χ4v) is 3.13. The summed E-state index contributed by atoms with van der Waals surface area (Å²) in [4.78, 5) is 11.4. The van der Waals surface area contributed by atoms with E-state index in [0.29, 0.717) is 27.8 Å². The van der Waals surface area contributed by atoms with Gasteiger partial charge in [-0.05, 0) is 42.3 Å². The first-order chi connectivity index (χ1) is 11.0. The van der Waals surface area contributed by atoms with Gasteiger partial charge in [-0.3, -0.25) is 0 Å². The van der Waals surface area contributed by atoms with Crippen molar-refractivity contribution < 1.29 is 19.4 Å². The summed E-state index contributed by atoms with van der Waals surface area (Å²) in [6.07, 6.45) is -0.880. The van der Waals surface area contributed by atoms with Crippen LogP contribution in [0.3, 0.4) is 0 Å². The highest BCUT2D eigenvalue weighted by atomic mass is 35.5. The zero-order chi connectivity index (χ0) is 16.6. The maximum atomic E-state index is 11.4. The van der Waals surface area contributed by atoms with Gasteiger partial charge in [0.1, 0.15) is 11.4 Å². The van der Waals surface area contributed by atoms with Gasteiger partial charge >= 0.3 is 5.97 Å². The van der Waals surface area contributed by atoms with Crippen molar-refractivity contribution in [3.05, 3.63) is 63.6 Å². The van der Waals surface area contributed by atoms with E-state index >= 15 is 0 Å². The number of fused-ring (bicyclic) bond motifs is 1. The zero-order valence-electron chi connectivity index (χ0n) is 12.3. The van der Waals surface area contributed by atoms with Crippen molar-refractivity contribution in [1.82, 2.24) is 0 Å². The van der Waals surface area contributed by atoms with Gasteiger partial charge in [-0.15, -0.1) is 0 Å². The van der Waals surface area contributed by atoms with Crippen LogP contribution in [0.15, 0.2) is 42.5 Å². The lowest BCUT2D eigenvalue weighted by Crippen LogP contribution is -2.45. The maximum absolute atomic E-state index is 11.4. The maximum Gasteiger partial charge on any atom is 0.373 e.